The molecule has 0 atom stereocenters. The maximum Gasteiger partial charge on any atom is 0.267 e. The molecule has 16 heavy (non-hydrogen) atoms. The highest BCUT2D eigenvalue weighted by Crippen LogP contribution is 1.94. The van der Waals surface area contributed by atoms with E-state index in [1.165, 1.54) is 26.0 Å². The van der Waals surface area contributed by atoms with Gasteiger partial charge in [0.25, 0.3) is 20.2 Å². The average molecular weight is 272 g/mol. The summed E-state index contributed by atoms with van der Waals surface area (Å²) in [6.07, 6.45) is 2.77. The van der Waals surface area contributed by atoms with Crippen molar-refractivity contribution in [3.63, 3.8) is 0 Å². The van der Waals surface area contributed by atoms with E-state index in [0.717, 1.165) is 0 Å². The predicted molar refractivity (Wildman–Crippen MR) is 60.0 cm³/mol. The third-order valence-electron chi connectivity index (χ3n) is 1.56. The lowest BCUT2D eigenvalue weighted by Gasteiger charge is -1.99. The second-order valence-electron chi connectivity index (χ2n) is 2.73. The van der Waals surface area contributed by atoms with Crippen LogP contribution in [-0.2, 0) is 28.6 Å². The lowest BCUT2D eigenvalue weighted by atomic mass is 10.5. The predicted octanol–water partition coefficient (Wildman–Crippen LogP) is 0.275. The molecule has 0 saturated heterocycles. The largest absolute Gasteiger partial charge is 0.267 e. The molecule has 0 aromatic rings. The van der Waals surface area contributed by atoms with Crippen molar-refractivity contribution in [2.24, 2.45) is 0 Å². The van der Waals surface area contributed by atoms with E-state index in [4.69, 9.17) is 0 Å². The summed E-state index contributed by atoms with van der Waals surface area (Å²) in [6, 6.07) is 0. The molecule has 0 aliphatic heterocycles. The number of hydrogen-bond donors (Lipinski definition) is 0. The van der Waals surface area contributed by atoms with Gasteiger partial charge in [-0.3, -0.25) is 8.37 Å². The number of hydrogen-bond acceptors (Lipinski definition) is 6. The molecule has 0 aromatic carbocycles. The normalized spacial score (nSPS) is 13.4. The summed E-state index contributed by atoms with van der Waals surface area (Å²) in [5.41, 5.74) is 0. The fraction of sp³-hybridized carbons (Fsp3) is 0.750. The van der Waals surface area contributed by atoms with E-state index in [1.807, 2.05) is 0 Å². The quantitative estimate of drug-likeness (QED) is 0.466. The van der Waals surface area contributed by atoms with Crippen molar-refractivity contribution in [1.82, 2.24) is 0 Å². The van der Waals surface area contributed by atoms with Crippen LogP contribution in [0.15, 0.2) is 12.2 Å². The Labute approximate surface area is 96.5 Å². The maximum absolute atomic E-state index is 10.9. The first-order valence-corrected chi connectivity index (χ1v) is 7.87. The van der Waals surface area contributed by atoms with Crippen LogP contribution >= 0.6 is 0 Å². The molecule has 96 valence electrons. The second kappa shape index (κ2) is 7.00. The minimum absolute atomic E-state index is 0.0957. The third-order valence-corrected chi connectivity index (χ3v) is 3.97. The van der Waals surface area contributed by atoms with E-state index >= 15 is 0 Å². The van der Waals surface area contributed by atoms with Crippen LogP contribution in [0.3, 0.4) is 0 Å². The molecule has 0 unspecified atom stereocenters. The Kier molecular flexibility index (Phi) is 6.81. The Morgan fingerprint density at radius 2 is 1.12 bits per heavy atom. The van der Waals surface area contributed by atoms with Crippen molar-refractivity contribution in [3.05, 3.63) is 12.2 Å². The summed E-state index contributed by atoms with van der Waals surface area (Å²) in [5.74, 6) is -0.191. The van der Waals surface area contributed by atoms with Crippen LogP contribution in [0, 0.1) is 0 Å². The zero-order valence-corrected chi connectivity index (χ0v) is 10.9. The van der Waals surface area contributed by atoms with Crippen molar-refractivity contribution < 1.29 is 25.2 Å². The van der Waals surface area contributed by atoms with Gasteiger partial charge in [-0.2, -0.15) is 16.8 Å². The fourth-order valence-corrected chi connectivity index (χ4v) is 1.49. The molecular weight excluding hydrogens is 256 g/mol. The highest BCUT2D eigenvalue weighted by molar-refractivity contribution is 7.86. The Morgan fingerprint density at radius 1 is 0.812 bits per heavy atom. The summed E-state index contributed by atoms with van der Waals surface area (Å²) in [6.45, 7) is 2.70. The van der Waals surface area contributed by atoms with E-state index in [9.17, 15) is 16.8 Å². The summed E-state index contributed by atoms with van der Waals surface area (Å²) in [5, 5.41) is 0. The first-order valence-electron chi connectivity index (χ1n) is 4.72. The van der Waals surface area contributed by atoms with Crippen molar-refractivity contribution in [2.45, 2.75) is 13.8 Å². The van der Waals surface area contributed by atoms with Crippen LogP contribution in [-0.4, -0.2) is 41.6 Å². The molecule has 6 nitrogen and oxygen atoms in total. The topological polar surface area (TPSA) is 86.7 Å². The Balaban J connectivity index is 3.81. The molecule has 0 saturated carbocycles. The first kappa shape index (κ1) is 15.6. The molecule has 0 heterocycles. The van der Waals surface area contributed by atoms with Gasteiger partial charge in [0.15, 0.2) is 0 Å². The van der Waals surface area contributed by atoms with E-state index in [-0.39, 0.29) is 24.7 Å². The van der Waals surface area contributed by atoms with Crippen LogP contribution in [0.5, 0.6) is 0 Å². The average Bonchev–Trinajstić information content (AvgIpc) is 2.23. The lowest BCUT2D eigenvalue weighted by molar-refractivity contribution is 0.346. The van der Waals surface area contributed by atoms with E-state index in [2.05, 4.69) is 8.37 Å². The Morgan fingerprint density at radius 3 is 1.38 bits per heavy atom. The first-order chi connectivity index (χ1) is 7.33. The maximum atomic E-state index is 10.9. The SMILES string of the molecule is CCS(=O)(=O)OCC=CCOS(=O)(=O)CC. The fourth-order valence-electron chi connectivity index (χ4n) is 0.589. The van der Waals surface area contributed by atoms with Gasteiger partial charge in [0.1, 0.15) is 0 Å². The lowest BCUT2D eigenvalue weighted by Crippen LogP contribution is -2.09. The molecule has 0 aromatic heterocycles. The molecule has 0 amide bonds. The molecule has 8 heteroatoms. The highest BCUT2D eigenvalue weighted by Gasteiger charge is 2.06. The van der Waals surface area contributed by atoms with Gasteiger partial charge in [0, 0.05) is 0 Å². The number of rotatable bonds is 8. The molecule has 0 aliphatic carbocycles. The van der Waals surface area contributed by atoms with E-state index in [1.54, 1.807) is 0 Å². The summed E-state index contributed by atoms with van der Waals surface area (Å²) >= 11 is 0. The molecule has 0 aliphatic rings. The molecule has 0 radical (unpaired) electrons. The van der Waals surface area contributed by atoms with Gasteiger partial charge in [0.05, 0.1) is 24.7 Å². The smallest absolute Gasteiger partial charge is 0.266 e. The summed E-state index contributed by atoms with van der Waals surface area (Å²) < 4.78 is 52.5. The van der Waals surface area contributed by atoms with Crippen LogP contribution in [0.25, 0.3) is 0 Å². The Bertz CT molecular complexity index is 366. The van der Waals surface area contributed by atoms with Crippen LogP contribution in [0.1, 0.15) is 13.8 Å². The summed E-state index contributed by atoms with van der Waals surface area (Å²) in [7, 11) is -6.90. The van der Waals surface area contributed by atoms with Gasteiger partial charge in [-0.15, -0.1) is 0 Å². The standard InChI is InChI=1S/C8H16O6S2/c1-3-15(9,10)13-7-5-6-8-14-16(11,12)4-2/h5-6H,3-4,7-8H2,1-2H3. The van der Waals surface area contributed by atoms with Crippen molar-refractivity contribution in [1.29, 1.82) is 0 Å². The summed E-state index contributed by atoms with van der Waals surface area (Å²) in [4.78, 5) is 0. The monoisotopic (exact) mass is 272 g/mol. The van der Waals surface area contributed by atoms with Crippen LogP contribution in [0.4, 0.5) is 0 Å². The van der Waals surface area contributed by atoms with Gasteiger partial charge < -0.3 is 0 Å². The van der Waals surface area contributed by atoms with E-state index in [0.29, 0.717) is 0 Å². The third kappa shape index (κ3) is 7.80. The van der Waals surface area contributed by atoms with Gasteiger partial charge in [-0.1, -0.05) is 12.2 Å². The molecule has 0 bridgehead atoms. The van der Waals surface area contributed by atoms with Gasteiger partial charge in [-0.25, -0.2) is 0 Å². The zero-order chi connectivity index (χ0) is 12.7. The minimum Gasteiger partial charge on any atom is -0.266 e. The van der Waals surface area contributed by atoms with Gasteiger partial charge in [-0.05, 0) is 13.8 Å². The molecular formula is C8H16O6S2. The second-order valence-corrected chi connectivity index (χ2v) is 6.59. The Hall–Kier alpha value is -0.440. The molecule has 0 N–H and O–H groups in total. The highest BCUT2D eigenvalue weighted by atomic mass is 32.2. The molecule has 0 fully saturated rings. The molecule has 0 rings (SSSR count). The van der Waals surface area contributed by atoms with Crippen LogP contribution in [0.2, 0.25) is 0 Å². The van der Waals surface area contributed by atoms with Crippen molar-refractivity contribution in [3.8, 4) is 0 Å². The zero-order valence-electron chi connectivity index (χ0n) is 9.25. The van der Waals surface area contributed by atoms with Gasteiger partial charge in [0.2, 0.25) is 0 Å². The van der Waals surface area contributed by atoms with Gasteiger partial charge >= 0.3 is 0 Å². The van der Waals surface area contributed by atoms with Crippen LogP contribution < -0.4 is 0 Å². The van der Waals surface area contributed by atoms with E-state index < -0.39 is 20.2 Å². The van der Waals surface area contributed by atoms with Crippen molar-refractivity contribution >= 4 is 20.2 Å². The minimum atomic E-state index is -3.45. The molecule has 0 spiro atoms. The van der Waals surface area contributed by atoms with Crippen molar-refractivity contribution in [2.75, 3.05) is 24.7 Å².